The molecular weight excluding hydrogens is 242 g/mol. The Hall–Kier alpha value is -1.40. The van der Waals surface area contributed by atoms with Crippen LogP contribution in [0, 0.1) is 0 Å². The Bertz CT molecular complexity index is 493. The molecule has 0 fully saturated rings. The third-order valence-corrected chi connectivity index (χ3v) is 3.41. The summed E-state index contributed by atoms with van der Waals surface area (Å²) in [6, 6.07) is 6.15. The first-order valence-corrected chi connectivity index (χ1v) is 6.59. The quantitative estimate of drug-likeness (QED) is 0.815. The highest BCUT2D eigenvalue weighted by molar-refractivity contribution is 7.89. The molecule has 0 saturated heterocycles. The van der Waals surface area contributed by atoms with E-state index in [-0.39, 0.29) is 23.2 Å². The van der Waals surface area contributed by atoms with E-state index in [2.05, 4.69) is 4.74 Å². The normalized spacial score (nSPS) is 13.1. The first-order chi connectivity index (χ1) is 7.84. The highest BCUT2D eigenvalue weighted by Gasteiger charge is 2.13. The number of hydrogen-bond acceptors (Lipinski definition) is 4. The molecule has 1 atom stereocenters. The lowest BCUT2D eigenvalue weighted by atomic mass is 9.98. The van der Waals surface area contributed by atoms with Crippen molar-refractivity contribution in [2.45, 2.75) is 24.2 Å². The van der Waals surface area contributed by atoms with Gasteiger partial charge in [0.15, 0.2) is 0 Å². The molecule has 0 aliphatic carbocycles. The molecule has 0 radical (unpaired) electrons. The molecular formula is C11H15NO4S. The number of esters is 1. The van der Waals surface area contributed by atoms with E-state index < -0.39 is 10.0 Å². The fraction of sp³-hybridized carbons (Fsp3) is 0.364. The fourth-order valence-corrected chi connectivity index (χ4v) is 1.95. The molecule has 1 aromatic rings. The molecule has 0 saturated carbocycles. The molecule has 2 N–H and O–H groups in total. The van der Waals surface area contributed by atoms with Crippen LogP contribution in [-0.4, -0.2) is 21.5 Å². The average molecular weight is 257 g/mol. The molecule has 17 heavy (non-hydrogen) atoms. The van der Waals surface area contributed by atoms with E-state index in [4.69, 9.17) is 5.14 Å². The van der Waals surface area contributed by atoms with Crippen LogP contribution in [0.5, 0.6) is 0 Å². The number of carbonyl (C=O) groups is 1. The van der Waals surface area contributed by atoms with Crippen LogP contribution in [0.15, 0.2) is 29.2 Å². The largest absolute Gasteiger partial charge is 0.469 e. The molecule has 6 heteroatoms. The minimum absolute atomic E-state index is 0.0306. The van der Waals surface area contributed by atoms with E-state index >= 15 is 0 Å². The summed E-state index contributed by atoms with van der Waals surface area (Å²) in [5.41, 5.74) is 0.864. The van der Waals surface area contributed by atoms with Gasteiger partial charge in [-0.3, -0.25) is 4.79 Å². The summed E-state index contributed by atoms with van der Waals surface area (Å²) in [7, 11) is -2.33. The average Bonchev–Trinajstić information content (AvgIpc) is 2.27. The molecule has 0 aliphatic rings. The van der Waals surface area contributed by atoms with Crippen LogP contribution in [0.3, 0.4) is 0 Å². The molecule has 1 rings (SSSR count). The molecule has 5 nitrogen and oxygen atoms in total. The van der Waals surface area contributed by atoms with Gasteiger partial charge in [0, 0.05) is 0 Å². The summed E-state index contributed by atoms with van der Waals surface area (Å²) in [6.07, 6.45) is 0.255. The predicted octanol–water partition coefficient (Wildman–Crippen LogP) is 1.00. The van der Waals surface area contributed by atoms with Gasteiger partial charge >= 0.3 is 5.97 Å². The monoisotopic (exact) mass is 257 g/mol. The van der Waals surface area contributed by atoms with E-state index in [1.54, 1.807) is 12.1 Å². The first kappa shape index (κ1) is 13.7. The van der Waals surface area contributed by atoms with Gasteiger partial charge in [0.25, 0.3) is 0 Å². The van der Waals surface area contributed by atoms with E-state index in [9.17, 15) is 13.2 Å². The van der Waals surface area contributed by atoms with E-state index in [0.29, 0.717) is 0 Å². The number of sulfonamides is 1. The van der Waals surface area contributed by atoms with Crippen molar-refractivity contribution in [3.63, 3.8) is 0 Å². The second-order valence-electron chi connectivity index (χ2n) is 3.80. The van der Waals surface area contributed by atoms with E-state index in [0.717, 1.165) is 5.56 Å². The highest BCUT2D eigenvalue weighted by atomic mass is 32.2. The zero-order chi connectivity index (χ0) is 13.1. The summed E-state index contributed by atoms with van der Waals surface area (Å²) in [6.45, 7) is 1.86. The van der Waals surface area contributed by atoms with Gasteiger partial charge in [0.2, 0.25) is 10.0 Å². The van der Waals surface area contributed by atoms with Crippen molar-refractivity contribution in [1.29, 1.82) is 0 Å². The Morgan fingerprint density at radius 3 is 2.29 bits per heavy atom. The van der Waals surface area contributed by atoms with Crippen molar-refractivity contribution < 1.29 is 17.9 Å². The molecule has 1 unspecified atom stereocenters. The van der Waals surface area contributed by atoms with Crippen LogP contribution in [0.1, 0.15) is 24.8 Å². The first-order valence-electron chi connectivity index (χ1n) is 5.04. The summed E-state index contributed by atoms with van der Waals surface area (Å²) in [5, 5.41) is 4.98. The van der Waals surface area contributed by atoms with Crippen molar-refractivity contribution in [3.8, 4) is 0 Å². The van der Waals surface area contributed by atoms with Gasteiger partial charge < -0.3 is 4.74 Å². The van der Waals surface area contributed by atoms with Gasteiger partial charge in [0.1, 0.15) is 0 Å². The van der Waals surface area contributed by atoms with Gasteiger partial charge in [-0.25, -0.2) is 13.6 Å². The lowest BCUT2D eigenvalue weighted by Gasteiger charge is -2.10. The van der Waals surface area contributed by atoms with Gasteiger partial charge in [-0.15, -0.1) is 0 Å². The molecule has 0 aliphatic heterocycles. The smallest absolute Gasteiger partial charge is 0.306 e. The maximum atomic E-state index is 11.1. The Kier molecular flexibility index (Phi) is 4.25. The number of primary sulfonamides is 1. The van der Waals surface area contributed by atoms with Crippen LogP contribution in [0.2, 0.25) is 0 Å². The second kappa shape index (κ2) is 5.29. The van der Waals surface area contributed by atoms with Crippen LogP contribution >= 0.6 is 0 Å². The molecule has 0 amide bonds. The number of ether oxygens (including phenoxy) is 1. The van der Waals surface area contributed by atoms with Crippen LogP contribution < -0.4 is 5.14 Å². The summed E-state index contributed by atoms with van der Waals surface area (Å²) in [5.74, 6) is -0.329. The second-order valence-corrected chi connectivity index (χ2v) is 5.36. The summed E-state index contributed by atoms with van der Waals surface area (Å²) in [4.78, 5) is 11.1. The van der Waals surface area contributed by atoms with Crippen LogP contribution in [0.4, 0.5) is 0 Å². The Labute approximate surface area is 101 Å². The molecule has 0 bridgehead atoms. The van der Waals surface area contributed by atoms with E-state index in [1.165, 1.54) is 19.2 Å². The number of nitrogens with two attached hydrogens (primary N) is 1. The van der Waals surface area contributed by atoms with Crippen LogP contribution in [0.25, 0.3) is 0 Å². The van der Waals surface area contributed by atoms with Crippen molar-refractivity contribution in [2.75, 3.05) is 7.11 Å². The maximum Gasteiger partial charge on any atom is 0.306 e. The lowest BCUT2D eigenvalue weighted by molar-refractivity contribution is -0.140. The third kappa shape index (κ3) is 3.83. The topological polar surface area (TPSA) is 86.5 Å². The number of rotatable bonds is 4. The SMILES string of the molecule is COC(=O)CC(C)c1ccc(S(N)(=O)=O)cc1. The summed E-state index contributed by atoms with van der Waals surface area (Å²) >= 11 is 0. The van der Waals surface area contributed by atoms with Crippen molar-refractivity contribution in [1.82, 2.24) is 0 Å². The van der Waals surface area contributed by atoms with Crippen molar-refractivity contribution in [2.24, 2.45) is 5.14 Å². The van der Waals surface area contributed by atoms with E-state index in [1.807, 2.05) is 6.92 Å². The third-order valence-electron chi connectivity index (χ3n) is 2.48. The number of hydrogen-bond donors (Lipinski definition) is 1. The molecule has 94 valence electrons. The van der Waals surface area contributed by atoms with Gasteiger partial charge in [0.05, 0.1) is 18.4 Å². The molecule has 0 aromatic heterocycles. The van der Waals surface area contributed by atoms with Crippen molar-refractivity contribution in [3.05, 3.63) is 29.8 Å². The summed E-state index contributed by atoms with van der Waals surface area (Å²) < 4.78 is 26.6. The molecule has 1 aromatic carbocycles. The standard InChI is InChI=1S/C11H15NO4S/c1-8(7-11(13)16-2)9-3-5-10(6-4-9)17(12,14)15/h3-6,8H,7H2,1-2H3,(H2,12,14,15). The lowest BCUT2D eigenvalue weighted by Crippen LogP contribution is -2.12. The van der Waals surface area contributed by atoms with Crippen molar-refractivity contribution >= 4 is 16.0 Å². The van der Waals surface area contributed by atoms with Crippen LogP contribution in [-0.2, 0) is 19.6 Å². The Morgan fingerprint density at radius 1 is 1.35 bits per heavy atom. The Balaban J connectivity index is 2.84. The molecule has 0 heterocycles. The zero-order valence-electron chi connectivity index (χ0n) is 9.71. The highest BCUT2D eigenvalue weighted by Crippen LogP contribution is 2.20. The number of carbonyl (C=O) groups excluding carboxylic acids is 1. The van der Waals surface area contributed by atoms with Gasteiger partial charge in [-0.1, -0.05) is 19.1 Å². The van der Waals surface area contributed by atoms with Gasteiger partial charge in [-0.05, 0) is 23.6 Å². The molecule has 0 spiro atoms. The fourth-order valence-electron chi connectivity index (χ4n) is 1.44. The Morgan fingerprint density at radius 2 is 1.88 bits per heavy atom. The number of benzene rings is 1. The maximum absolute atomic E-state index is 11.1. The predicted molar refractivity (Wildman–Crippen MR) is 62.9 cm³/mol. The zero-order valence-corrected chi connectivity index (χ0v) is 10.5. The minimum Gasteiger partial charge on any atom is -0.469 e. The van der Waals surface area contributed by atoms with Gasteiger partial charge in [-0.2, -0.15) is 0 Å². The minimum atomic E-state index is -3.66. The number of methoxy groups -OCH3 is 1.